The number of pyridine rings is 1. The van der Waals surface area contributed by atoms with Crippen molar-refractivity contribution in [1.29, 1.82) is 0 Å². The zero-order chi connectivity index (χ0) is 21.2. The third-order valence-electron chi connectivity index (χ3n) is 4.21. The largest absolute Gasteiger partial charge is 0.444 e. The molecule has 0 fully saturated rings. The van der Waals surface area contributed by atoms with Crippen LogP contribution in [0.5, 0.6) is 0 Å². The highest BCUT2D eigenvalue weighted by Gasteiger charge is 2.17. The molecule has 2 aromatic heterocycles. The van der Waals surface area contributed by atoms with Crippen LogP contribution in [0.15, 0.2) is 35.3 Å². The second-order valence-electron chi connectivity index (χ2n) is 7.76. The fourth-order valence-electron chi connectivity index (χ4n) is 2.84. The first kappa shape index (κ1) is 20.4. The number of ether oxygens (including phenoxy) is 1. The molecule has 0 aliphatic heterocycles. The van der Waals surface area contributed by atoms with Crippen molar-refractivity contribution in [2.75, 3.05) is 5.32 Å². The predicted octanol–water partition coefficient (Wildman–Crippen LogP) is 3.90. The number of hydrogen-bond acceptors (Lipinski definition) is 5. The summed E-state index contributed by atoms with van der Waals surface area (Å²) in [5.74, 6) is -0.543. The Morgan fingerprint density at radius 1 is 1.24 bits per heavy atom. The maximum Gasteiger partial charge on any atom is 0.412 e. The molecule has 0 saturated carbocycles. The van der Waals surface area contributed by atoms with Gasteiger partial charge in [-0.25, -0.2) is 19.2 Å². The van der Waals surface area contributed by atoms with Crippen molar-refractivity contribution in [1.82, 2.24) is 15.0 Å². The molecule has 1 aromatic carbocycles. The van der Waals surface area contributed by atoms with Crippen molar-refractivity contribution in [2.24, 2.45) is 0 Å². The average molecular weight is 398 g/mol. The van der Waals surface area contributed by atoms with Gasteiger partial charge in [0.05, 0.1) is 11.2 Å². The quantitative estimate of drug-likeness (QED) is 0.695. The standard InChI is InChI=1S/C21H23FN4O3/c1-12-19(27)26-17-14(9-10-23-18(17)24-12)7-5-13-6-8-16(15(22)11-13)25-20(28)29-21(2,3)4/h6,8-11H,5,7H2,1-4H3,(H,25,28)(H,26,27). The molecule has 3 rings (SSSR count). The summed E-state index contributed by atoms with van der Waals surface area (Å²) in [5.41, 5.74) is 2.19. The Bertz CT molecular complexity index is 1120. The molecule has 2 N–H and O–H groups in total. The van der Waals surface area contributed by atoms with Gasteiger partial charge < -0.3 is 9.72 Å². The smallest absolute Gasteiger partial charge is 0.412 e. The third kappa shape index (κ3) is 5.16. The second kappa shape index (κ2) is 7.98. The number of fused-ring (bicyclic) bond motifs is 1. The number of rotatable bonds is 4. The lowest BCUT2D eigenvalue weighted by Crippen LogP contribution is -2.27. The minimum atomic E-state index is -0.709. The molecule has 7 nitrogen and oxygen atoms in total. The van der Waals surface area contributed by atoms with E-state index in [-0.39, 0.29) is 11.2 Å². The Kier molecular flexibility index (Phi) is 5.63. The Labute approximate surface area is 167 Å². The van der Waals surface area contributed by atoms with E-state index in [1.807, 2.05) is 6.07 Å². The number of nitrogens with zero attached hydrogens (tertiary/aromatic N) is 2. The van der Waals surface area contributed by atoms with Crippen molar-refractivity contribution in [3.05, 3.63) is 63.5 Å². The zero-order valence-electron chi connectivity index (χ0n) is 16.8. The molecule has 0 bridgehead atoms. The highest BCUT2D eigenvalue weighted by atomic mass is 19.1. The fourth-order valence-corrected chi connectivity index (χ4v) is 2.84. The molecular formula is C21H23FN4O3. The molecule has 8 heteroatoms. The van der Waals surface area contributed by atoms with Crippen molar-refractivity contribution in [3.63, 3.8) is 0 Å². The van der Waals surface area contributed by atoms with Gasteiger partial charge in [-0.3, -0.25) is 10.1 Å². The molecule has 2 heterocycles. The summed E-state index contributed by atoms with van der Waals surface area (Å²) in [6, 6.07) is 6.43. The van der Waals surface area contributed by atoms with E-state index >= 15 is 0 Å². The maximum absolute atomic E-state index is 14.4. The van der Waals surface area contributed by atoms with Crippen LogP contribution in [0, 0.1) is 12.7 Å². The van der Waals surface area contributed by atoms with Gasteiger partial charge in [0, 0.05) is 6.20 Å². The van der Waals surface area contributed by atoms with Gasteiger partial charge in [-0.1, -0.05) is 6.07 Å². The molecule has 0 radical (unpaired) electrons. The Morgan fingerprint density at radius 3 is 2.69 bits per heavy atom. The Morgan fingerprint density at radius 2 is 2.00 bits per heavy atom. The van der Waals surface area contributed by atoms with E-state index in [4.69, 9.17) is 4.74 Å². The highest BCUT2D eigenvalue weighted by molar-refractivity contribution is 5.85. The number of benzene rings is 1. The lowest BCUT2D eigenvalue weighted by atomic mass is 10.0. The van der Waals surface area contributed by atoms with Crippen LogP contribution in [0.3, 0.4) is 0 Å². The number of halogens is 1. The van der Waals surface area contributed by atoms with E-state index in [1.54, 1.807) is 40.0 Å². The van der Waals surface area contributed by atoms with E-state index < -0.39 is 17.5 Å². The molecule has 0 unspecified atom stereocenters. The fraction of sp³-hybridized carbons (Fsp3) is 0.333. The SMILES string of the molecule is Cc1nc2nccc(CCc3ccc(NC(=O)OC(C)(C)C)c(F)c3)c2[nH]c1=O. The number of carbonyl (C=O) groups excluding carboxylic acids is 1. The normalized spacial score (nSPS) is 11.5. The number of aromatic nitrogens is 3. The van der Waals surface area contributed by atoms with Gasteiger partial charge in [0.1, 0.15) is 17.1 Å². The monoisotopic (exact) mass is 398 g/mol. The summed E-state index contributed by atoms with van der Waals surface area (Å²) in [6.45, 7) is 6.83. The predicted molar refractivity (Wildman–Crippen MR) is 109 cm³/mol. The van der Waals surface area contributed by atoms with Crippen molar-refractivity contribution < 1.29 is 13.9 Å². The minimum absolute atomic E-state index is 0.0568. The second-order valence-corrected chi connectivity index (χ2v) is 7.76. The van der Waals surface area contributed by atoms with Gasteiger partial charge in [-0.2, -0.15) is 0 Å². The number of aromatic amines is 1. The molecule has 0 aliphatic rings. The molecule has 152 valence electrons. The van der Waals surface area contributed by atoms with Crippen molar-refractivity contribution in [2.45, 2.75) is 46.1 Å². The van der Waals surface area contributed by atoms with Crippen molar-refractivity contribution >= 4 is 22.9 Å². The number of anilines is 1. The van der Waals surface area contributed by atoms with E-state index in [1.165, 1.54) is 12.1 Å². The van der Waals surface area contributed by atoms with Crippen LogP contribution in [0.1, 0.15) is 37.6 Å². The number of aryl methyl sites for hydroxylation is 3. The average Bonchev–Trinajstić information content (AvgIpc) is 2.61. The van der Waals surface area contributed by atoms with Crippen LogP contribution in [0.25, 0.3) is 11.2 Å². The molecular weight excluding hydrogens is 375 g/mol. The van der Waals surface area contributed by atoms with E-state index in [2.05, 4.69) is 20.3 Å². The van der Waals surface area contributed by atoms with Crippen molar-refractivity contribution in [3.8, 4) is 0 Å². The third-order valence-corrected chi connectivity index (χ3v) is 4.21. The van der Waals surface area contributed by atoms with Crippen LogP contribution in [-0.4, -0.2) is 26.6 Å². The number of carbonyl (C=O) groups is 1. The van der Waals surface area contributed by atoms with E-state index in [9.17, 15) is 14.0 Å². The molecule has 29 heavy (non-hydrogen) atoms. The lowest BCUT2D eigenvalue weighted by Gasteiger charge is -2.19. The zero-order valence-corrected chi connectivity index (χ0v) is 16.8. The molecule has 3 aromatic rings. The summed E-state index contributed by atoms with van der Waals surface area (Å²) in [4.78, 5) is 34.9. The first-order chi connectivity index (χ1) is 13.6. The van der Waals surface area contributed by atoms with Crippen LogP contribution >= 0.6 is 0 Å². The van der Waals surface area contributed by atoms with E-state index in [0.29, 0.717) is 29.7 Å². The van der Waals surface area contributed by atoms with Crippen LogP contribution in [0.4, 0.5) is 14.9 Å². The number of H-pyrrole nitrogens is 1. The first-order valence-electron chi connectivity index (χ1n) is 9.25. The summed E-state index contributed by atoms with van der Waals surface area (Å²) in [7, 11) is 0. The van der Waals surface area contributed by atoms with Gasteiger partial charge in [0.2, 0.25) is 0 Å². The summed E-state index contributed by atoms with van der Waals surface area (Å²) < 4.78 is 19.5. The van der Waals surface area contributed by atoms with Crippen LogP contribution < -0.4 is 10.9 Å². The molecule has 0 spiro atoms. The summed E-state index contributed by atoms with van der Waals surface area (Å²) in [6.07, 6.45) is 2.03. The van der Waals surface area contributed by atoms with Gasteiger partial charge in [0.15, 0.2) is 5.65 Å². The summed E-state index contributed by atoms with van der Waals surface area (Å²) >= 11 is 0. The van der Waals surface area contributed by atoms with Crippen LogP contribution in [0.2, 0.25) is 0 Å². The Balaban J connectivity index is 1.73. The topological polar surface area (TPSA) is 97.0 Å². The highest BCUT2D eigenvalue weighted by Crippen LogP contribution is 2.20. The maximum atomic E-state index is 14.4. The number of hydrogen-bond donors (Lipinski definition) is 2. The van der Waals surface area contributed by atoms with Crippen LogP contribution in [-0.2, 0) is 17.6 Å². The molecule has 0 saturated heterocycles. The Hall–Kier alpha value is -3.29. The molecule has 0 aliphatic carbocycles. The van der Waals surface area contributed by atoms with Gasteiger partial charge in [-0.05, 0) is 69.9 Å². The number of nitrogens with one attached hydrogen (secondary N) is 2. The molecule has 1 amide bonds. The van der Waals surface area contributed by atoms with Gasteiger partial charge >= 0.3 is 6.09 Å². The van der Waals surface area contributed by atoms with E-state index in [0.717, 1.165) is 11.1 Å². The first-order valence-corrected chi connectivity index (χ1v) is 9.25. The number of amides is 1. The lowest BCUT2D eigenvalue weighted by molar-refractivity contribution is 0.0635. The minimum Gasteiger partial charge on any atom is -0.444 e. The van der Waals surface area contributed by atoms with Gasteiger partial charge in [0.25, 0.3) is 5.56 Å². The van der Waals surface area contributed by atoms with Gasteiger partial charge in [-0.15, -0.1) is 0 Å². The summed E-state index contributed by atoms with van der Waals surface area (Å²) in [5, 5.41) is 2.41. The molecule has 0 atom stereocenters.